The van der Waals surface area contributed by atoms with Crippen molar-refractivity contribution in [1.82, 2.24) is 78.8 Å². The lowest BCUT2D eigenvalue weighted by molar-refractivity contribution is -0.134. The van der Waals surface area contributed by atoms with Gasteiger partial charge in [-0.05, 0) is 118 Å². The van der Waals surface area contributed by atoms with E-state index in [0.717, 1.165) is 20.2 Å². The minimum Gasteiger partial charge on any atom is -0.508 e. The van der Waals surface area contributed by atoms with Gasteiger partial charge in [-0.1, -0.05) is 88.0 Å². The Morgan fingerprint density at radius 3 is 1.00 bits per heavy atom. The Balaban J connectivity index is 0.000000258. The van der Waals surface area contributed by atoms with Gasteiger partial charge in [0.25, 0.3) is 0 Å². The van der Waals surface area contributed by atoms with Crippen molar-refractivity contribution in [3.63, 3.8) is 0 Å². The van der Waals surface area contributed by atoms with Crippen molar-refractivity contribution in [2.75, 3.05) is 29.0 Å². The van der Waals surface area contributed by atoms with Gasteiger partial charge < -0.3 is 112 Å². The van der Waals surface area contributed by atoms with Crippen molar-refractivity contribution >= 4 is 138 Å². The third-order valence-corrected chi connectivity index (χ3v) is 22.3. The largest absolute Gasteiger partial charge is 0.508 e. The zero-order valence-electron chi connectivity index (χ0n) is 69.0. The Kier molecular flexibility index (Phi) is 35.9. The molecule has 42 heteroatoms. The van der Waals surface area contributed by atoms with Gasteiger partial charge in [0, 0.05) is 78.2 Å². The molecule has 10 rings (SSSR count). The van der Waals surface area contributed by atoms with Crippen molar-refractivity contribution in [1.29, 1.82) is 0 Å². The van der Waals surface area contributed by atoms with Gasteiger partial charge >= 0.3 is 0 Å². The van der Waals surface area contributed by atoms with E-state index in [-0.39, 0.29) is 75.8 Å². The molecule has 0 saturated carbocycles. The average Bonchev–Trinajstić information content (AvgIpc) is 1.54. The van der Waals surface area contributed by atoms with Gasteiger partial charge in [-0.3, -0.25) is 71.9 Å². The number of hydrogen-bond acceptors (Lipinski definition) is 27. The zero-order valence-corrected chi connectivity index (χ0v) is 71.5. The van der Waals surface area contributed by atoms with E-state index in [0.29, 0.717) is 61.6 Å². The van der Waals surface area contributed by atoms with E-state index in [1.807, 2.05) is 44.2 Å². The standard InChI is InChI=1S/C30H42N8O7S.C30H35N7O6S.C21H26N6O5S.CH4/c1-13(2)23-29(45)36-16(5)27(43)34-14(3)25(41)33-15(4)26(42)35-17(6)28(44)37-21(24(31)40)10-18-7-8-22(39)19(9-18)11-20-12-32-30(38-23)46-20;1-16-27(41)34-17(2)28(42)37-22(26(31)40)12-19-8-9-24(38)20(10-19)13-21-14-32-30(44-21)33-15-25(39)36-23(29(43)35-16)11-18-6-4-3-5-7-18;1-10-19(31)26-11(2)20(32)27-15(18(22)30)6-12-3-4-16(28)13(5-12)7-14-8-23-21(33-14)24-9-17(29)25-10;/h7-9,12-17,21,23,39H,10-11H2,1-6H3,(H2,31,40)(H,32,38)(H,33,41)(H,34,43)(H,35,42)(H,36,45)(H,37,44);3-10,14,16-17,22-23,38H,11-13,15H2,1-2H3,(H2,31,40)(H,32,33)(H,34,41)(H,35,43)(H,36,39)(H,37,42);3-5,8,10-11,15,28H,6-7,9H2,1-2H3,(H2,22,30)(H,23,24)(H,25,29)(H,26,31)(H,27,32);1H4/t14-,15-,16-,17-,21-,23-;16-,17-,22-,23-;10-,11-,15-;/m000./s1. The van der Waals surface area contributed by atoms with Crippen LogP contribution < -0.4 is 97.0 Å². The minimum absolute atomic E-state index is 0. The summed E-state index contributed by atoms with van der Waals surface area (Å²) in [5.41, 5.74) is 21.1. The number of phenols is 3. The number of nitrogens with one attached hydrogen (secondary N) is 15. The number of hydrogen-bond donors (Lipinski definition) is 21. The van der Waals surface area contributed by atoms with Crippen LogP contribution in [0.4, 0.5) is 15.4 Å². The molecule has 0 radical (unpaired) electrons. The summed E-state index contributed by atoms with van der Waals surface area (Å²) in [4.78, 5) is 205. The molecule has 0 fully saturated rings. The monoisotopic (exact) mass is 1770 g/mol. The van der Waals surface area contributed by atoms with E-state index < -0.39 is 167 Å². The molecular weight excluding hydrogens is 1660 g/mol. The van der Waals surface area contributed by atoms with Gasteiger partial charge in [0.15, 0.2) is 15.4 Å². The topological polar surface area (TPSA) is 614 Å². The van der Waals surface area contributed by atoms with Crippen molar-refractivity contribution in [2.45, 2.75) is 200 Å². The van der Waals surface area contributed by atoms with Crippen molar-refractivity contribution in [3.05, 3.63) is 157 Å². The number of nitrogens with two attached hydrogens (primary N) is 3. The van der Waals surface area contributed by atoms with Crippen LogP contribution in [0.25, 0.3) is 0 Å². The van der Waals surface area contributed by atoms with E-state index in [2.05, 4.69) is 94.7 Å². The predicted octanol–water partition coefficient (Wildman–Crippen LogP) is -0.441. The van der Waals surface area contributed by atoms with Gasteiger partial charge in [0.05, 0.1) is 13.1 Å². The van der Waals surface area contributed by atoms with Crippen LogP contribution in [0.5, 0.6) is 17.2 Å². The van der Waals surface area contributed by atoms with Gasteiger partial charge in [0.2, 0.25) is 88.6 Å². The summed E-state index contributed by atoms with van der Waals surface area (Å²) in [6, 6.07) is 10.4. The predicted molar refractivity (Wildman–Crippen MR) is 462 cm³/mol. The lowest BCUT2D eigenvalue weighted by atomic mass is 10.0. The number of aromatic hydroxyl groups is 3. The number of benzene rings is 4. The summed E-state index contributed by atoms with van der Waals surface area (Å²) in [7, 11) is 0. The van der Waals surface area contributed by atoms with Crippen LogP contribution >= 0.6 is 34.0 Å². The third-order valence-electron chi connectivity index (χ3n) is 19.5. The van der Waals surface area contributed by atoms with E-state index in [4.69, 9.17) is 17.2 Å². The molecule has 0 unspecified atom stereocenters. The van der Waals surface area contributed by atoms with Crippen LogP contribution in [-0.2, 0) is 117 Å². The number of rotatable bonds is 6. The summed E-state index contributed by atoms with van der Waals surface area (Å²) < 4.78 is 0. The summed E-state index contributed by atoms with van der Waals surface area (Å²) in [6.07, 6.45) is 6.21. The molecule has 3 aromatic heterocycles. The molecule has 7 aromatic rings. The molecule has 39 nitrogen and oxygen atoms in total. The quantitative estimate of drug-likeness (QED) is 0.100. The summed E-state index contributed by atoms with van der Waals surface area (Å²) in [5.74, 6) is -9.38. The first-order chi connectivity index (χ1) is 58.1. The molecule has 3 aliphatic heterocycles. The van der Waals surface area contributed by atoms with Gasteiger partial charge in [-0.25, -0.2) is 15.0 Å². The van der Waals surface area contributed by atoms with Gasteiger partial charge in [0.1, 0.15) is 95.8 Å². The Bertz CT molecular complexity index is 5040. The summed E-state index contributed by atoms with van der Waals surface area (Å²) in [6.45, 7) is 15.0. The molecule has 0 saturated heterocycles. The first kappa shape index (κ1) is 97.7. The van der Waals surface area contributed by atoms with Gasteiger partial charge in [-0.15, -0.1) is 34.0 Å². The van der Waals surface area contributed by atoms with E-state index >= 15 is 0 Å². The Morgan fingerprint density at radius 1 is 0.379 bits per heavy atom. The summed E-state index contributed by atoms with van der Waals surface area (Å²) >= 11 is 3.90. The number of primary amides is 3. The second-order valence-electron chi connectivity index (χ2n) is 30.1. The SMILES string of the molecule is C.CC(C)[C@@H]1Nc2ncc(s2)Cc2cc(ccc2O)C[C@@H](C(N)=O)NC(=O)[C@H](C)NC(=O)[C@H](C)NC(=O)[C@H](C)NC(=O)[C@H](C)NC1=O.C[C@@H]1NC(=O)CNc2ncc(s2)Cc2cc(ccc2O)C[C@@H](C(N)=O)NC(=O)[C@H](C)NC1=O.C[C@@H]1NC(=O)[C@H](C)NC(=O)[C@H](Cc2ccccc2)NC(=O)CNc2ncc(s2)Cc2cc(ccc2O)C[C@@H](C(N)=O)NC1=O. The van der Waals surface area contributed by atoms with E-state index in [1.165, 1.54) is 108 Å². The number of carbonyl (C=O) groups is 15. The Morgan fingerprint density at radius 2 is 0.669 bits per heavy atom. The molecule has 4 aromatic carbocycles. The maximum Gasteiger partial charge on any atom is 0.243 e. The fourth-order valence-electron chi connectivity index (χ4n) is 12.4. The maximum atomic E-state index is 13.3. The number of thiazole rings is 3. The molecule has 6 heterocycles. The number of carbonyl (C=O) groups excluding carboxylic acids is 15. The number of nitrogens with zero attached hydrogens (tertiary/aromatic N) is 3. The average molecular weight is 1770 g/mol. The lowest BCUT2D eigenvalue weighted by Gasteiger charge is -2.24. The summed E-state index contributed by atoms with van der Waals surface area (Å²) in [5, 5.41) is 72.4. The van der Waals surface area contributed by atoms with Gasteiger partial charge in [-0.2, -0.15) is 0 Å². The maximum absolute atomic E-state index is 13.3. The zero-order chi connectivity index (χ0) is 90.2. The molecule has 3 aliphatic rings. The molecule has 15 amide bonds. The second kappa shape index (κ2) is 45.5. The second-order valence-corrected chi connectivity index (χ2v) is 33.4. The molecule has 12 bridgehead atoms. The number of aromatic nitrogens is 3. The van der Waals surface area contributed by atoms with Crippen molar-refractivity contribution in [3.8, 4) is 17.2 Å². The highest BCUT2D eigenvalue weighted by Gasteiger charge is 2.34. The minimum atomic E-state index is -1.12. The number of phenolic OH excluding ortho intramolecular Hbond substituents is 3. The highest BCUT2D eigenvalue weighted by atomic mass is 32.1. The number of amides is 15. The highest BCUT2D eigenvalue weighted by Crippen LogP contribution is 2.31. The molecule has 0 spiro atoms. The van der Waals surface area contributed by atoms with Crippen molar-refractivity contribution in [2.24, 2.45) is 23.1 Å². The number of fused-ring (bicyclic) bond motifs is 12. The third kappa shape index (κ3) is 29.5. The van der Waals surface area contributed by atoms with E-state index in [9.17, 15) is 87.2 Å². The molecule has 124 heavy (non-hydrogen) atoms. The molecular formula is C82H107N21O18S3. The lowest BCUT2D eigenvalue weighted by Crippen LogP contribution is -2.57. The normalized spacial score (nSPS) is 23.4. The molecule has 0 aliphatic carbocycles. The molecule has 13 atom stereocenters. The Labute approximate surface area is 726 Å². The van der Waals surface area contributed by atoms with Crippen molar-refractivity contribution < 1.29 is 87.2 Å². The smallest absolute Gasteiger partial charge is 0.243 e. The fourth-order valence-corrected chi connectivity index (χ4v) is 14.9. The van der Waals surface area contributed by atoms with Crippen LogP contribution in [0.15, 0.2) is 104 Å². The van der Waals surface area contributed by atoms with Crippen LogP contribution in [0.2, 0.25) is 0 Å². The van der Waals surface area contributed by atoms with Crippen LogP contribution in [0.3, 0.4) is 0 Å². The molecule has 24 N–H and O–H groups in total. The Hall–Kier alpha value is -13.4. The van der Waals surface area contributed by atoms with Crippen LogP contribution in [0, 0.1) is 5.92 Å². The number of anilines is 3. The van der Waals surface area contributed by atoms with Crippen LogP contribution in [-0.4, -0.2) is 211 Å². The first-order valence-electron chi connectivity index (χ1n) is 39.2. The highest BCUT2D eigenvalue weighted by molar-refractivity contribution is 7.16. The first-order valence-corrected chi connectivity index (χ1v) is 41.7. The van der Waals surface area contributed by atoms with E-state index in [1.54, 1.807) is 55.0 Å². The molecule has 666 valence electrons. The fraction of sp³-hybridized carbons (Fsp3) is 0.415. The van der Waals surface area contributed by atoms with Crippen LogP contribution in [0.1, 0.15) is 130 Å².